The van der Waals surface area contributed by atoms with E-state index in [4.69, 9.17) is 0 Å². The second kappa shape index (κ2) is 3.85. The van der Waals surface area contributed by atoms with Gasteiger partial charge in [-0.15, -0.1) is 0 Å². The highest BCUT2D eigenvalue weighted by molar-refractivity contribution is 5.21. The summed E-state index contributed by atoms with van der Waals surface area (Å²) in [6, 6.07) is 0. The maximum atomic E-state index is 4.15. The molecule has 0 saturated heterocycles. The Balaban J connectivity index is 2.74. The summed E-state index contributed by atoms with van der Waals surface area (Å²) in [6.45, 7) is 4.87. The van der Waals surface area contributed by atoms with Crippen molar-refractivity contribution in [1.29, 1.82) is 0 Å². The van der Waals surface area contributed by atoms with Crippen LogP contribution in [-0.4, -0.2) is 21.5 Å². The van der Waals surface area contributed by atoms with E-state index >= 15 is 0 Å². The zero-order valence-electron chi connectivity index (χ0n) is 6.83. The van der Waals surface area contributed by atoms with E-state index < -0.39 is 0 Å². The molecule has 1 N–H and O–H groups in total. The molecule has 0 unspecified atom stereocenters. The average molecular weight is 152 g/mol. The molecule has 0 aliphatic heterocycles. The van der Waals surface area contributed by atoms with Crippen LogP contribution >= 0.6 is 0 Å². The molecule has 4 nitrogen and oxygen atoms in total. The van der Waals surface area contributed by atoms with Crippen LogP contribution in [-0.2, 0) is 6.42 Å². The van der Waals surface area contributed by atoms with Crippen LogP contribution in [0.3, 0.4) is 0 Å². The standard InChI is InChI=1S/C7H12N4/c1-3-6-9-5-10-7(11-6)8-4-2/h5H,3-4H2,1-2H3,(H,8,9,10,11). The van der Waals surface area contributed by atoms with E-state index in [1.165, 1.54) is 6.33 Å². The molecular weight excluding hydrogens is 140 g/mol. The predicted octanol–water partition coefficient (Wildman–Crippen LogP) is 0.866. The summed E-state index contributed by atoms with van der Waals surface area (Å²) < 4.78 is 0. The molecule has 60 valence electrons. The Hall–Kier alpha value is -1.19. The van der Waals surface area contributed by atoms with Gasteiger partial charge in [-0.25, -0.2) is 9.97 Å². The van der Waals surface area contributed by atoms with Crippen molar-refractivity contribution in [1.82, 2.24) is 15.0 Å². The largest absolute Gasteiger partial charge is 0.354 e. The molecule has 0 aromatic carbocycles. The number of aryl methyl sites for hydroxylation is 1. The summed E-state index contributed by atoms with van der Waals surface area (Å²) in [4.78, 5) is 12.1. The van der Waals surface area contributed by atoms with Crippen LogP contribution in [0.25, 0.3) is 0 Å². The van der Waals surface area contributed by atoms with Crippen LogP contribution in [0.1, 0.15) is 19.7 Å². The highest BCUT2D eigenvalue weighted by Crippen LogP contribution is 1.96. The third-order valence-electron chi connectivity index (χ3n) is 1.27. The lowest BCUT2D eigenvalue weighted by Crippen LogP contribution is -2.04. The maximum Gasteiger partial charge on any atom is 0.225 e. The van der Waals surface area contributed by atoms with Crippen LogP contribution in [0, 0.1) is 0 Å². The first-order valence-corrected chi connectivity index (χ1v) is 3.78. The average Bonchev–Trinajstić information content (AvgIpc) is 2.06. The fourth-order valence-corrected chi connectivity index (χ4v) is 0.744. The third-order valence-corrected chi connectivity index (χ3v) is 1.27. The van der Waals surface area contributed by atoms with Crippen molar-refractivity contribution < 1.29 is 0 Å². The first kappa shape index (κ1) is 7.91. The van der Waals surface area contributed by atoms with Gasteiger partial charge in [0.1, 0.15) is 12.2 Å². The van der Waals surface area contributed by atoms with Gasteiger partial charge in [0, 0.05) is 13.0 Å². The molecule has 0 aliphatic carbocycles. The van der Waals surface area contributed by atoms with Crippen molar-refractivity contribution in [2.45, 2.75) is 20.3 Å². The third kappa shape index (κ3) is 2.14. The molecule has 0 saturated carbocycles. The maximum absolute atomic E-state index is 4.15. The minimum atomic E-state index is 0.666. The number of nitrogens with one attached hydrogen (secondary N) is 1. The normalized spacial score (nSPS) is 9.64. The summed E-state index contributed by atoms with van der Waals surface area (Å²) in [6.07, 6.45) is 2.38. The molecule has 0 aliphatic rings. The van der Waals surface area contributed by atoms with Crippen LogP contribution in [0.4, 0.5) is 5.95 Å². The molecule has 1 heterocycles. The predicted molar refractivity (Wildman–Crippen MR) is 43.4 cm³/mol. The zero-order valence-corrected chi connectivity index (χ0v) is 6.83. The molecule has 0 radical (unpaired) electrons. The second-order valence-electron chi connectivity index (χ2n) is 2.11. The highest BCUT2D eigenvalue weighted by Gasteiger charge is 1.94. The van der Waals surface area contributed by atoms with E-state index in [0.29, 0.717) is 5.95 Å². The summed E-state index contributed by atoms with van der Waals surface area (Å²) in [5, 5.41) is 3.02. The number of hydrogen-bond acceptors (Lipinski definition) is 4. The van der Waals surface area contributed by atoms with Crippen molar-refractivity contribution in [2.75, 3.05) is 11.9 Å². The fraction of sp³-hybridized carbons (Fsp3) is 0.571. The second-order valence-corrected chi connectivity index (χ2v) is 2.11. The van der Waals surface area contributed by atoms with Gasteiger partial charge in [-0.2, -0.15) is 4.98 Å². The Morgan fingerprint density at radius 2 is 2.18 bits per heavy atom. The molecule has 0 bridgehead atoms. The summed E-state index contributed by atoms with van der Waals surface area (Å²) in [7, 11) is 0. The highest BCUT2D eigenvalue weighted by atomic mass is 15.1. The number of anilines is 1. The van der Waals surface area contributed by atoms with Gasteiger partial charge in [-0.1, -0.05) is 6.92 Å². The number of nitrogens with zero attached hydrogens (tertiary/aromatic N) is 3. The van der Waals surface area contributed by atoms with Crippen LogP contribution in [0.5, 0.6) is 0 Å². The van der Waals surface area contributed by atoms with Gasteiger partial charge in [0.15, 0.2) is 0 Å². The zero-order chi connectivity index (χ0) is 8.10. The van der Waals surface area contributed by atoms with E-state index in [2.05, 4.69) is 20.3 Å². The smallest absolute Gasteiger partial charge is 0.225 e. The van der Waals surface area contributed by atoms with E-state index in [9.17, 15) is 0 Å². The Kier molecular flexibility index (Phi) is 2.77. The number of rotatable bonds is 3. The van der Waals surface area contributed by atoms with Gasteiger partial charge in [0.2, 0.25) is 5.95 Å². The van der Waals surface area contributed by atoms with Gasteiger partial charge >= 0.3 is 0 Å². The summed E-state index contributed by atoms with van der Waals surface area (Å²) >= 11 is 0. The van der Waals surface area contributed by atoms with Crippen molar-refractivity contribution in [2.24, 2.45) is 0 Å². The lowest BCUT2D eigenvalue weighted by Gasteiger charge is -2.00. The van der Waals surface area contributed by atoms with Gasteiger partial charge in [0.25, 0.3) is 0 Å². The monoisotopic (exact) mass is 152 g/mol. The van der Waals surface area contributed by atoms with E-state index in [0.717, 1.165) is 18.8 Å². The van der Waals surface area contributed by atoms with Crippen LogP contribution in [0.15, 0.2) is 6.33 Å². The molecule has 1 rings (SSSR count). The SMILES string of the molecule is CCNc1ncnc(CC)n1. The van der Waals surface area contributed by atoms with Crippen molar-refractivity contribution in [3.05, 3.63) is 12.2 Å². The number of aromatic nitrogens is 3. The topological polar surface area (TPSA) is 50.7 Å². The quantitative estimate of drug-likeness (QED) is 0.698. The lowest BCUT2D eigenvalue weighted by atomic mass is 10.5. The molecule has 11 heavy (non-hydrogen) atoms. The van der Waals surface area contributed by atoms with Crippen molar-refractivity contribution in [3.8, 4) is 0 Å². The Morgan fingerprint density at radius 1 is 1.36 bits per heavy atom. The minimum absolute atomic E-state index is 0.666. The van der Waals surface area contributed by atoms with E-state index in [-0.39, 0.29) is 0 Å². The van der Waals surface area contributed by atoms with Gasteiger partial charge in [0.05, 0.1) is 0 Å². The summed E-state index contributed by atoms with van der Waals surface area (Å²) in [5.74, 6) is 1.50. The molecule has 0 amide bonds. The Labute approximate surface area is 66.1 Å². The Morgan fingerprint density at radius 3 is 2.82 bits per heavy atom. The molecular formula is C7H12N4. The Bertz CT molecular complexity index is 223. The summed E-state index contributed by atoms with van der Waals surface area (Å²) in [5.41, 5.74) is 0. The van der Waals surface area contributed by atoms with Gasteiger partial charge in [-0.3, -0.25) is 0 Å². The molecule has 1 aromatic heterocycles. The fourth-order valence-electron chi connectivity index (χ4n) is 0.744. The van der Waals surface area contributed by atoms with Crippen molar-refractivity contribution >= 4 is 5.95 Å². The first-order chi connectivity index (χ1) is 5.36. The molecule has 4 heteroatoms. The van der Waals surface area contributed by atoms with E-state index in [1.807, 2.05) is 13.8 Å². The molecule has 0 spiro atoms. The van der Waals surface area contributed by atoms with Crippen LogP contribution < -0.4 is 5.32 Å². The number of hydrogen-bond donors (Lipinski definition) is 1. The first-order valence-electron chi connectivity index (χ1n) is 3.78. The van der Waals surface area contributed by atoms with Crippen molar-refractivity contribution in [3.63, 3.8) is 0 Å². The van der Waals surface area contributed by atoms with E-state index in [1.54, 1.807) is 0 Å². The van der Waals surface area contributed by atoms with Gasteiger partial charge < -0.3 is 5.32 Å². The molecule has 0 fully saturated rings. The van der Waals surface area contributed by atoms with Crippen LogP contribution in [0.2, 0.25) is 0 Å². The molecule has 1 aromatic rings. The van der Waals surface area contributed by atoms with Gasteiger partial charge in [-0.05, 0) is 6.92 Å². The molecule has 0 atom stereocenters. The minimum Gasteiger partial charge on any atom is -0.354 e. The lowest BCUT2D eigenvalue weighted by molar-refractivity contribution is 0.894.